The van der Waals surface area contributed by atoms with Gasteiger partial charge in [-0.15, -0.1) is 0 Å². The van der Waals surface area contributed by atoms with E-state index in [0.29, 0.717) is 6.61 Å². The van der Waals surface area contributed by atoms with Gasteiger partial charge in [0.25, 0.3) is 5.69 Å². The SMILES string of the molecule is CCOc1ccc(N[C@@H](C)C(=O)Nc2ccccc2[N+](=O)[O-])cc1. The Balaban J connectivity index is 2.01. The van der Waals surface area contributed by atoms with Crippen molar-refractivity contribution in [3.05, 3.63) is 58.6 Å². The van der Waals surface area contributed by atoms with Gasteiger partial charge in [-0.25, -0.2) is 0 Å². The Morgan fingerprint density at radius 2 is 1.88 bits per heavy atom. The quantitative estimate of drug-likeness (QED) is 0.599. The van der Waals surface area contributed by atoms with Crippen LogP contribution in [0.2, 0.25) is 0 Å². The van der Waals surface area contributed by atoms with Crippen LogP contribution in [0, 0.1) is 10.1 Å². The number of nitro groups is 1. The number of hydrogen-bond donors (Lipinski definition) is 2. The van der Waals surface area contributed by atoms with Crippen LogP contribution in [0.5, 0.6) is 5.75 Å². The largest absolute Gasteiger partial charge is 0.494 e. The lowest BCUT2D eigenvalue weighted by Gasteiger charge is -2.15. The zero-order valence-corrected chi connectivity index (χ0v) is 13.5. The molecule has 1 atom stereocenters. The molecule has 0 saturated heterocycles. The maximum absolute atomic E-state index is 12.2. The minimum absolute atomic E-state index is 0.140. The molecular weight excluding hydrogens is 310 g/mol. The van der Waals surface area contributed by atoms with Crippen molar-refractivity contribution in [3.63, 3.8) is 0 Å². The van der Waals surface area contributed by atoms with Crippen molar-refractivity contribution in [1.82, 2.24) is 0 Å². The van der Waals surface area contributed by atoms with Crippen molar-refractivity contribution in [3.8, 4) is 5.75 Å². The Kier molecular flexibility index (Phi) is 5.73. The van der Waals surface area contributed by atoms with E-state index in [2.05, 4.69) is 10.6 Å². The van der Waals surface area contributed by atoms with Gasteiger partial charge in [0.1, 0.15) is 17.5 Å². The number of nitrogens with one attached hydrogen (secondary N) is 2. The van der Waals surface area contributed by atoms with E-state index in [4.69, 9.17) is 4.74 Å². The zero-order valence-electron chi connectivity index (χ0n) is 13.5. The van der Waals surface area contributed by atoms with Crippen LogP contribution in [0.3, 0.4) is 0 Å². The lowest BCUT2D eigenvalue weighted by molar-refractivity contribution is -0.383. The van der Waals surface area contributed by atoms with Crippen LogP contribution < -0.4 is 15.4 Å². The monoisotopic (exact) mass is 329 g/mol. The molecule has 0 saturated carbocycles. The standard InChI is InChI=1S/C17H19N3O4/c1-3-24-14-10-8-13(9-11-14)18-12(2)17(21)19-15-6-4-5-7-16(15)20(22)23/h4-12,18H,3H2,1-2H3,(H,19,21)/t12-/m0/s1. The van der Waals surface area contributed by atoms with Crippen molar-refractivity contribution >= 4 is 23.0 Å². The van der Waals surface area contributed by atoms with Gasteiger partial charge < -0.3 is 15.4 Å². The fraction of sp³-hybridized carbons (Fsp3) is 0.235. The Morgan fingerprint density at radius 1 is 1.21 bits per heavy atom. The highest BCUT2D eigenvalue weighted by molar-refractivity contribution is 5.97. The number of ether oxygens (including phenoxy) is 1. The molecule has 24 heavy (non-hydrogen) atoms. The molecule has 2 aromatic carbocycles. The number of nitro benzene ring substituents is 1. The highest BCUT2D eigenvalue weighted by Crippen LogP contribution is 2.23. The maximum atomic E-state index is 12.2. The summed E-state index contributed by atoms with van der Waals surface area (Å²) in [6.07, 6.45) is 0. The summed E-state index contributed by atoms with van der Waals surface area (Å²) in [7, 11) is 0. The molecule has 0 aliphatic rings. The van der Waals surface area contributed by atoms with Crippen LogP contribution in [-0.4, -0.2) is 23.5 Å². The van der Waals surface area contributed by atoms with E-state index in [0.717, 1.165) is 11.4 Å². The molecule has 2 aromatic rings. The van der Waals surface area contributed by atoms with Gasteiger partial charge in [0, 0.05) is 11.8 Å². The van der Waals surface area contributed by atoms with Gasteiger partial charge in [0.05, 0.1) is 11.5 Å². The van der Waals surface area contributed by atoms with E-state index in [9.17, 15) is 14.9 Å². The molecule has 0 aliphatic carbocycles. The Hall–Kier alpha value is -3.09. The van der Waals surface area contributed by atoms with Crippen molar-refractivity contribution in [2.45, 2.75) is 19.9 Å². The third-order valence-electron chi connectivity index (χ3n) is 3.30. The molecule has 126 valence electrons. The van der Waals surface area contributed by atoms with Gasteiger partial charge in [-0.1, -0.05) is 12.1 Å². The van der Waals surface area contributed by atoms with E-state index in [-0.39, 0.29) is 17.3 Å². The lowest BCUT2D eigenvalue weighted by atomic mass is 10.2. The van der Waals surface area contributed by atoms with Gasteiger partial charge in [-0.05, 0) is 44.2 Å². The van der Waals surface area contributed by atoms with Crippen LogP contribution in [0.25, 0.3) is 0 Å². The third kappa shape index (κ3) is 4.45. The molecule has 0 radical (unpaired) electrons. The van der Waals surface area contributed by atoms with E-state index in [1.165, 1.54) is 12.1 Å². The number of hydrogen-bond acceptors (Lipinski definition) is 5. The summed E-state index contributed by atoms with van der Waals surface area (Å²) in [5.41, 5.74) is 0.788. The van der Waals surface area contributed by atoms with Gasteiger partial charge in [-0.3, -0.25) is 14.9 Å². The van der Waals surface area contributed by atoms with E-state index >= 15 is 0 Å². The topological polar surface area (TPSA) is 93.5 Å². The summed E-state index contributed by atoms with van der Waals surface area (Å²) in [5, 5.41) is 16.6. The number of rotatable bonds is 7. The predicted molar refractivity (Wildman–Crippen MR) is 92.4 cm³/mol. The van der Waals surface area contributed by atoms with Gasteiger partial charge >= 0.3 is 0 Å². The molecule has 0 unspecified atom stereocenters. The van der Waals surface area contributed by atoms with Crippen LogP contribution in [-0.2, 0) is 4.79 Å². The highest BCUT2D eigenvalue weighted by atomic mass is 16.6. The fourth-order valence-corrected chi connectivity index (χ4v) is 2.11. The minimum Gasteiger partial charge on any atom is -0.494 e. The first-order chi connectivity index (χ1) is 11.5. The first-order valence-corrected chi connectivity index (χ1v) is 7.55. The normalized spacial score (nSPS) is 11.4. The summed E-state index contributed by atoms with van der Waals surface area (Å²) in [5.74, 6) is 0.387. The summed E-state index contributed by atoms with van der Waals surface area (Å²) >= 11 is 0. The molecule has 2 rings (SSSR count). The second-order valence-corrected chi connectivity index (χ2v) is 5.09. The molecule has 0 aromatic heterocycles. The van der Waals surface area contributed by atoms with Gasteiger partial charge in [0.15, 0.2) is 0 Å². The van der Waals surface area contributed by atoms with Crippen molar-refractivity contribution in [2.75, 3.05) is 17.2 Å². The van der Waals surface area contributed by atoms with Crippen molar-refractivity contribution < 1.29 is 14.5 Å². The minimum atomic E-state index is -0.567. The number of carbonyl (C=O) groups excluding carboxylic acids is 1. The van der Waals surface area contributed by atoms with Crippen molar-refractivity contribution in [1.29, 1.82) is 0 Å². The average molecular weight is 329 g/mol. The second kappa shape index (κ2) is 7.96. The molecular formula is C17H19N3O4. The van der Waals surface area contributed by atoms with Crippen LogP contribution in [0.4, 0.5) is 17.1 Å². The molecule has 0 bridgehead atoms. The fourth-order valence-electron chi connectivity index (χ4n) is 2.11. The molecule has 0 aliphatic heterocycles. The second-order valence-electron chi connectivity index (χ2n) is 5.09. The van der Waals surface area contributed by atoms with E-state index < -0.39 is 11.0 Å². The Labute approximate surface area is 139 Å². The number of nitrogens with zero attached hydrogens (tertiary/aromatic N) is 1. The summed E-state index contributed by atoms with van der Waals surface area (Å²) in [4.78, 5) is 22.7. The van der Waals surface area contributed by atoms with Crippen molar-refractivity contribution in [2.24, 2.45) is 0 Å². The number of amides is 1. The van der Waals surface area contributed by atoms with Gasteiger partial charge in [0.2, 0.25) is 5.91 Å². The lowest BCUT2D eigenvalue weighted by Crippen LogP contribution is -2.32. The number of carbonyl (C=O) groups is 1. The first-order valence-electron chi connectivity index (χ1n) is 7.55. The molecule has 1 amide bonds. The molecule has 0 fully saturated rings. The Morgan fingerprint density at radius 3 is 2.50 bits per heavy atom. The zero-order chi connectivity index (χ0) is 17.5. The van der Waals surface area contributed by atoms with E-state index in [1.807, 2.05) is 6.92 Å². The molecule has 0 heterocycles. The number of para-hydroxylation sites is 2. The van der Waals surface area contributed by atoms with Crippen LogP contribution in [0.15, 0.2) is 48.5 Å². The summed E-state index contributed by atoms with van der Waals surface area (Å²) < 4.78 is 5.36. The van der Waals surface area contributed by atoms with Crippen LogP contribution >= 0.6 is 0 Å². The maximum Gasteiger partial charge on any atom is 0.292 e. The molecule has 7 heteroatoms. The third-order valence-corrected chi connectivity index (χ3v) is 3.30. The van der Waals surface area contributed by atoms with E-state index in [1.54, 1.807) is 43.3 Å². The highest BCUT2D eigenvalue weighted by Gasteiger charge is 2.18. The van der Waals surface area contributed by atoms with Gasteiger partial charge in [-0.2, -0.15) is 0 Å². The average Bonchev–Trinajstić information content (AvgIpc) is 2.57. The summed E-state index contributed by atoms with van der Waals surface area (Å²) in [6.45, 7) is 4.17. The molecule has 2 N–H and O–H groups in total. The molecule has 7 nitrogen and oxygen atoms in total. The number of benzene rings is 2. The molecule has 0 spiro atoms. The Bertz CT molecular complexity index is 716. The number of anilines is 2. The smallest absolute Gasteiger partial charge is 0.292 e. The van der Waals surface area contributed by atoms with Crippen LogP contribution in [0.1, 0.15) is 13.8 Å². The summed E-state index contributed by atoms with van der Waals surface area (Å²) in [6, 6.07) is 12.7. The predicted octanol–water partition coefficient (Wildman–Crippen LogP) is 3.43. The first kappa shape index (κ1) is 17.3.